The first-order valence-corrected chi connectivity index (χ1v) is 6.11. The average molecular weight is 258 g/mol. The summed E-state index contributed by atoms with van der Waals surface area (Å²) in [5, 5.41) is 19.1. The number of thioether (sulfide) groups is 1. The summed E-state index contributed by atoms with van der Waals surface area (Å²) in [6.07, 6.45) is 2.28. The summed E-state index contributed by atoms with van der Waals surface area (Å²) in [6.45, 7) is 2.70. The smallest absolute Gasteiger partial charge is 0.313 e. The van der Waals surface area contributed by atoms with E-state index in [1.165, 1.54) is 10.9 Å². The molecule has 0 atom stereocenters. The molecular formula is C9H14N4O3S. The van der Waals surface area contributed by atoms with Crippen LogP contribution in [-0.2, 0) is 16.1 Å². The van der Waals surface area contributed by atoms with Crippen LogP contribution in [-0.4, -0.2) is 44.0 Å². The first kappa shape index (κ1) is 13.5. The summed E-state index contributed by atoms with van der Waals surface area (Å²) in [6, 6.07) is 0. The van der Waals surface area contributed by atoms with Crippen molar-refractivity contribution in [3.05, 3.63) is 6.33 Å². The van der Waals surface area contributed by atoms with Gasteiger partial charge in [-0.3, -0.25) is 14.2 Å². The normalized spacial score (nSPS) is 10.2. The van der Waals surface area contributed by atoms with E-state index < -0.39 is 5.97 Å². The van der Waals surface area contributed by atoms with E-state index >= 15 is 0 Å². The van der Waals surface area contributed by atoms with Gasteiger partial charge < -0.3 is 10.4 Å². The van der Waals surface area contributed by atoms with Crippen molar-refractivity contribution >= 4 is 23.6 Å². The number of carboxylic acid groups (broad SMARTS) is 1. The highest BCUT2D eigenvalue weighted by Gasteiger charge is 2.10. The lowest BCUT2D eigenvalue weighted by Crippen LogP contribution is -2.28. The monoisotopic (exact) mass is 258 g/mol. The molecule has 0 aliphatic heterocycles. The topological polar surface area (TPSA) is 97.1 Å². The Morgan fingerprint density at radius 3 is 3.00 bits per heavy atom. The summed E-state index contributed by atoms with van der Waals surface area (Å²) in [5.74, 6) is -1.17. The minimum Gasteiger partial charge on any atom is -0.481 e. The van der Waals surface area contributed by atoms with Crippen molar-refractivity contribution in [1.29, 1.82) is 0 Å². The van der Waals surface area contributed by atoms with Crippen molar-refractivity contribution in [3.63, 3.8) is 0 Å². The van der Waals surface area contributed by atoms with Gasteiger partial charge >= 0.3 is 5.97 Å². The van der Waals surface area contributed by atoms with E-state index in [-0.39, 0.29) is 18.2 Å². The quantitative estimate of drug-likeness (QED) is 0.667. The van der Waals surface area contributed by atoms with E-state index in [0.29, 0.717) is 11.7 Å². The number of rotatable bonds is 7. The fraction of sp³-hybridized carbons (Fsp3) is 0.556. The minimum absolute atomic E-state index is 0.102. The summed E-state index contributed by atoms with van der Waals surface area (Å²) in [4.78, 5) is 21.9. The molecule has 7 nitrogen and oxygen atoms in total. The van der Waals surface area contributed by atoms with Gasteiger partial charge in [-0.2, -0.15) is 0 Å². The zero-order valence-electron chi connectivity index (χ0n) is 9.42. The fourth-order valence-electron chi connectivity index (χ4n) is 1.07. The minimum atomic E-state index is -0.931. The van der Waals surface area contributed by atoms with Gasteiger partial charge in [-0.25, -0.2) is 0 Å². The number of hydrogen-bond acceptors (Lipinski definition) is 5. The molecule has 1 amide bonds. The lowest BCUT2D eigenvalue weighted by atomic mass is 10.4. The molecule has 1 rings (SSSR count). The second-order valence-electron chi connectivity index (χ2n) is 3.27. The molecule has 0 fully saturated rings. The number of nitrogens with zero attached hydrogens (tertiary/aromatic N) is 3. The maximum atomic E-state index is 11.4. The molecule has 0 saturated heterocycles. The molecule has 0 radical (unpaired) electrons. The lowest BCUT2D eigenvalue weighted by Gasteiger charge is -2.05. The van der Waals surface area contributed by atoms with Gasteiger partial charge in [0.15, 0.2) is 5.16 Å². The zero-order valence-corrected chi connectivity index (χ0v) is 10.2. The highest BCUT2D eigenvalue weighted by molar-refractivity contribution is 7.99. The van der Waals surface area contributed by atoms with Crippen LogP contribution >= 0.6 is 11.8 Å². The van der Waals surface area contributed by atoms with Crippen LogP contribution in [0.5, 0.6) is 0 Å². The largest absolute Gasteiger partial charge is 0.481 e. The van der Waals surface area contributed by atoms with Crippen molar-refractivity contribution in [3.8, 4) is 0 Å². The summed E-state index contributed by atoms with van der Waals surface area (Å²) in [7, 11) is 0. The maximum Gasteiger partial charge on any atom is 0.313 e. The molecule has 17 heavy (non-hydrogen) atoms. The van der Waals surface area contributed by atoms with Crippen molar-refractivity contribution < 1.29 is 14.7 Å². The molecule has 2 N–H and O–H groups in total. The van der Waals surface area contributed by atoms with Crippen molar-refractivity contribution in [2.75, 3.05) is 12.3 Å². The Bertz CT molecular complexity index is 393. The van der Waals surface area contributed by atoms with Gasteiger partial charge in [0.25, 0.3) is 0 Å². The molecule has 0 unspecified atom stereocenters. The van der Waals surface area contributed by atoms with Gasteiger partial charge in [-0.1, -0.05) is 18.7 Å². The van der Waals surface area contributed by atoms with E-state index in [0.717, 1.165) is 18.2 Å². The number of carbonyl (C=O) groups excluding carboxylic acids is 1. The van der Waals surface area contributed by atoms with Crippen LogP contribution < -0.4 is 5.32 Å². The third-order valence-electron chi connectivity index (χ3n) is 1.79. The lowest BCUT2D eigenvalue weighted by molar-refractivity contribution is -0.133. The van der Waals surface area contributed by atoms with Gasteiger partial charge in [0.1, 0.15) is 12.9 Å². The van der Waals surface area contributed by atoms with E-state index in [9.17, 15) is 9.59 Å². The van der Waals surface area contributed by atoms with Crippen LogP contribution in [0, 0.1) is 0 Å². The molecular weight excluding hydrogens is 244 g/mol. The SMILES string of the molecule is CCCNC(=O)Cn1cnnc1SCC(=O)O. The van der Waals surface area contributed by atoms with E-state index in [4.69, 9.17) is 5.11 Å². The number of aromatic nitrogens is 3. The first-order valence-electron chi connectivity index (χ1n) is 5.12. The highest BCUT2D eigenvalue weighted by Crippen LogP contribution is 2.13. The third-order valence-corrected chi connectivity index (χ3v) is 2.76. The van der Waals surface area contributed by atoms with Crippen molar-refractivity contribution in [2.24, 2.45) is 0 Å². The van der Waals surface area contributed by atoms with Gasteiger partial charge in [0.05, 0.1) is 5.75 Å². The molecule has 8 heteroatoms. The molecule has 1 heterocycles. The molecule has 0 saturated carbocycles. The molecule has 0 aliphatic carbocycles. The zero-order chi connectivity index (χ0) is 12.7. The number of amides is 1. The van der Waals surface area contributed by atoms with Crippen molar-refractivity contribution in [2.45, 2.75) is 25.0 Å². The number of carboxylic acids is 1. The Labute approximate surface area is 103 Å². The molecule has 0 aromatic carbocycles. The number of aliphatic carboxylic acids is 1. The Morgan fingerprint density at radius 2 is 2.35 bits per heavy atom. The highest BCUT2D eigenvalue weighted by atomic mass is 32.2. The van der Waals surface area contributed by atoms with Gasteiger partial charge in [-0.15, -0.1) is 10.2 Å². The van der Waals surface area contributed by atoms with Crippen LogP contribution in [0.2, 0.25) is 0 Å². The maximum absolute atomic E-state index is 11.4. The molecule has 1 aromatic rings. The van der Waals surface area contributed by atoms with E-state index in [1.807, 2.05) is 6.92 Å². The molecule has 0 bridgehead atoms. The molecule has 0 aliphatic rings. The summed E-state index contributed by atoms with van der Waals surface area (Å²) >= 11 is 1.04. The molecule has 1 aromatic heterocycles. The Kier molecular flexibility index (Phi) is 5.47. The fourth-order valence-corrected chi connectivity index (χ4v) is 1.70. The summed E-state index contributed by atoms with van der Waals surface area (Å²) < 4.78 is 1.53. The predicted octanol–water partition coefficient (Wildman–Crippen LogP) is -0.0190. The summed E-state index contributed by atoms with van der Waals surface area (Å²) in [5.41, 5.74) is 0. The third kappa shape index (κ3) is 4.85. The molecule has 94 valence electrons. The second-order valence-corrected chi connectivity index (χ2v) is 4.22. The second kappa shape index (κ2) is 6.89. The Balaban J connectivity index is 2.50. The van der Waals surface area contributed by atoms with Crippen LogP contribution in [0.3, 0.4) is 0 Å². The number of hydrogen-bond donors (Lipinski definition) is 2. The van der Waals surface area contributed by atoms with Crippen LogP contribution in [0.4, 0.5) is 0 Å². The standard InChI is InChI=1S/C9H14N4O3S/c1-2-3-10-7(14)4-13-6-11-12-9(13)17-5-8(15)16/h6H,2-5H2,1H3,(H,10,14)(H,15,16). The Morgan fingerprint density at radius 1 is 1.59 bits per heavy atom. The van der Waals surface area contributed by atoms with Gasteiger partial charge in [-0.05, 0) is 6.42 Å². The van der Waals surface area contributed by atoms with Gasteiger partial charge in [0, 0.05) is 6.54 Å². The predicted molar refractivity (Wildman–Crippen MR) is 61.7 cm³/mol. The first-order chi connectivity index (χ1) is 8.13. The number of nitrogens with one attached hydrogen (secondary N) is 1. The Hall–Kier alpha value is -1.57. The van der Waals surface area contributed by atoms with Crippen LogP contribution in [0.1, 0.15) is 13.3 Å². The van der Waals surface area contributed by atoms with E-state index in [1.54, 1.807) is 0 Å². The average Bonchev–Trinajstić information content (AvgIpc) is 2.71. The van der Waals surface area contributed by atoms with Crippen molar-refractivity contribution in [1.82, 2.24) is 20.1 Å². The van der Waals surface area contributed by atoms with Crippen LogP contribution in [0.25, 0.3) is 0 Å². The van der Waals surface area contributed by atoms with E-state index in [2.05, 4.69) is 15.5 Å². The molecule has 0 spiro atoms. The number of carbonyl (C=O) groups is 2. The van der Waals surface area contributed by atoms with Crippen LogP contribution in [0.15, 0.2) is 11.5 Å². The van der Waals surface area contributed by atoms with Gasteiger partial charge in [0.2, 0.25) is 5.91 Å².